The van der Waals surface area contributed by atoms with E-state index >= 15 is 0 Å². The second-order valence-electron chi connectivity index (χ2n) is 6.46. The zero-order valence-corrected chi connectivity index (χ0v) is 18.1. The van der Waals surface area contributed by atoms with Crippen LogP contribution in [0, 0.1) is 0 Å². The summed E-state index contributed by atoms with van der Waals surface area (Å²) in [6.45, 7) is 0. The van der Waals surface area contributed by atoms with Gasteiger partial charge in [-0.15, -0.1) is 0 Å². The Kier molecular flexibility index (Phi) is 12.6. The third-order valence-electron chi connectivity index (χ3n) is 4.26. The number of carbonyl (C=O) groups excluding carboxylic acids is 1. The first kappa shape index (κ1) is 34.9. The third kappa shape index (κ3) is 8.20. The molecule has 3 aromatic rings. The molecule has 0 aliphatic heterocycles. The Bertz CT molecular complexity index is 1610. The molecule has 0 saturated carbocycles. The fourth-order valence-corrected chi connectivity index (χ4v) is 4.96. The SMILES string of the molecule is Nc1ccc(C(=O)Nc2cc(S(=O)(=O)O)cc3cccc(S(=O)(=O)O)c23)c(S(=O)(=O)O)c1.[NaH].[NaH].[NaH]. The molecule has 6 N–H and O–H groups in total. The minimum absolute atomic E-state index is 0. The molecule has 0 heterocycles. The van der Waals surface area contributed by atoms with Crippen LogP contribution in [0.25, 0.3) is 10.8 Å². The van der Waals surface area contributed by atoms with Crippen LogP contribution in [-0.2, 0) is 30.4 Å². The minimum atomic E-state index is -4.91. The second kappa shape index (κ2) is 12.6. The monoisotopic (exact) mass is 574 g/mol. The van der Waals surface area contributed by atoms with E-state index < -0.39 is 62.2 Å². The zero-order chi connectivity index (χ0) is 24.1. The number of fused-ring (bicyclic) bond motifs is 1. The van der Waals surface area contributed by atoms with E-state index in [1.165, 1.54) is 12.1 Å². The van der Waals surface area contributed by atoms with E-state index in [-0.39, 0.29) is 105 Å². The molecule has 3 rings (SSSR count). The predicted octanol–water partition coefficient (Wildman–Crippen LogP) is -0.531. The van der Waals surface area contributed by atoms with Crippen molar-refractivity contribution in [2.45, 2.75) is 14.7 Å². The van der Waals surface area contributed by atoms with Crippen molar-refractivity contribution in [3.8, 4) is 0 Å². The van der Waals surface area contributed by atoms with Gasteiger partial charge in [-0.2, -0.15) is 25.3 Å². The number of nitrogen functional groups attached to an aromatic ring is 1. The van der Waals surface area contributed by atoms with Gasteiger partial charge in [0.1, 0.15) is 9.79 Å². The van der Waals surface area contributed by atoms with Gasteiger partial charge in [-0.05, 0) is 41.8 Å². The van der Waals surface area contributed by atoms with Gasteiger partial charge in [-0.1, -0.05) is 12.1 Å². The first-order valence-electron chi connectivity index (χ1n) is 8.29. The van der Waals surface area contributed by atoms with Gasteiger partial charge in [0, 0.05) is 11.1 Å². The fraction of sp³-hybridized carbons (Fsp3) is 0. The maximum absolute atomic E-state index is 12.8. The Balaban J connectivity index is 0.00000385. The number of rotatable bonds is 5. The number of nitrogens with two attached hydrogens (primary N) is 1. The van der Waals surface area contributed by atoms with E-state index in [1.54, 1.807) is 0 Å². The second-order valence-corrected chi connectivity index (χ2v) is 10.7. The van der Waals surface area contributed by atoms with Crippen LogP contribution in [0.3, 0.4) is 0 Å². The van der Waals surface area contributed by atoms with Crippen LogP contribution in [-0.4, -0.2) is 133 Å². The van der Waals surface area contributed by atoms with Crippen LogP contribution in [0.4, 0.5) is 11.4 Å². The molecular formula is C17H17N2Na3O10S3. The third-order valence-corrected chi connectivity index (χ3v) is 6.89. The van der Waals surface area contributed by atoms with Crippen LogP contribution in [0.5, 0.6) is 0 Å². The predicted molar refractivity (Wildman–Crippen MR) is 134 cm³/mol. The molecule has 0 fully saturated rings. The normalized spacial score (nSPS) is 11.5. The van der Waals surface area contributed by atoms with Gasteiger partial charge in [0.05, 0.1) is 16.1 Å². The standard InChI is InChI=1S/C17H14N2O10S3.3Na.3H/c18-10-4-5-12(15(7-10)32(27,28)29)17(20)19-13-8-11(30(21,22)23)6-9-2-1-3-14(16(9)13)31(24,25)26;;;;;;/h1-8H,18H2,(H,19,20)(H,21,22,23)(H,24,25,26)(H,27,28,29);;;;;;. The Morgan fingerprint density at radius 1 is 0.743 bits per heavy atom. The molecule has 0 saturated heterocycles. The molecule has 0 radical (unpaired) electrons. The topological polar surface area (TPSA) is 218 Å². The van der Waals surface area contributed by atoms with Crippen molar-refractivity contribution in [3.05, 3.63) is 54.1 Å². The number of hydrogen-bond donors (Lipinski definition) is 5. The van der Waals surface area contributed by atoms with Gasteiger partial charge in [0.15, 0.2) is 0 Å². The van der Waals surface area contributed by atoms with Crippen molar-refractivity contribution >= 4 is 147 Å². The van der Waals surface area contributed by atoms with Crippen LogP contribution in [0.2, 0.25) is 0 Å². The van der Waals surface area contributed by atoms with E-state index in [0.717, 1.165) is 30.3 Å². The number of hydrogen-bond acceptors (Lipinski definition) is 8. The van der Waals surface area contributed by atoms with Gasteiger partial charge in [-0.25, -0.2) is 0 Å². The molecule has 35 heavy (non-hydrogen) atoms. The van der Waals surface area contributed by atoms with E-state index in [9.17, 15) is 43.7 Å². The summed E-state index contributed by atoms with van der Waals surface area (Å²) < 4.78 is 98.5. The van der Waals surface area contributed by atoms with Gasteiger partial charge < -0.3 is 11.1 Å². The van der Waals surface area contributed by atoms with E-state index in [0.29, 0.717) is 6.07 Å². The summed E-state index contributed by atoms with van der Waals surface area (Å²) in [5.74, 6) is -1.20. The Morgan fingerprint density at radius 2 is 1.31 bits per heavy atom. The summed E-state index contributed by atoms with van der Waals surface area (Å²) >= 11 is 0. The van der Waals surface area contributed by atoms with Crippen molar-refractivity contribution in [1.29, 1.82) is 0 Å². The van der Waals surface area contributed by atoms with Gasteiger partial charge in [0.2, 0.25) is 0 Å². The van der Waals surface area contributed by atoms with Gasteiger partial charge >= 0.3 is 88.7 Å². The quantitative estimate of drug-likeness (QED) is 0.148. The number of benzene rings is 3. The summed E-state index contributed by atoms with van der Waals surface area (Å²) in [6.07, 6.45) is 0. The first-order chi connectivity index (χ1) is 14.6. The maximum atomic E-state index is 12.8. The summed E-state index contributed by atoms with van der Waals surface area (Å²) in [4.78, 5) is 10.5. The molecule has 3 aromatic carbocycles. The number of amides is 1. The summed E-state index contributed by atoms with van der Waals surface area (Å²) in [5, 5.41) is 1.73. The van der Waals surface area contributed by atoms with Crippen LogP contribution in [0.1, 0.15) is 10.4 Å². The van der Waals surface area contributed by atoms with Crippen LogP contribution < -0.4 is 11.1 Å². The molecule has 0 atom stereocenters. The molecule has 176 valence electrons. The number of nitrogens with one attached hydrogen (secondary N) is 1. The molecule has 0 spiro atoms. The number of anilines is 2. The summed E-state index contributed by atoms with van der Waals surface area (Å²) in [7, 11) is -14.6. The van der Waals surface area contributed by atoms with Crippen LogP contribution >= 0.6 is 0 Å². The summed E-state index contributed by atoms with van der Waals surface area (Å²) in [6, 6.07) is 7.96. The molecule has 12 nitrogen and oxygen atoms in total. The zero-order valence-electron chi connectivity index (χ0n) is 15.6. The molecular weight excluding hydrogens is 557 g/mol. The van der Waals surface area contributed by atoms with E-state index in [1.807, 2.05) is 0 Å². The summed E-state index contributed by atoms with van der Waals surface area (Å²) in [5.41, 5.74) is 4.30. The van der Waals surface area contributed by atoms with Crippen molar-refractivity contribution in [2.24, 2.45) is 0 Å². The van der Waals surface area contributed by atoms with E-state index in [2.05, 4.69) is 5.32 Å². The van der Waals surface area contributed by atoms with Crippen molar-refractivity contribution < 1.29 is 43.7 Å². The Labute approximate surface area is 267 Å². The Hall–Kier alpha value is -0.0800. The van der Waals surface area contributed by atoms with Gasteiger partial charge in [-0.3, -0.25) is 18.5 Å². The average molecular weight is 574 g/mol. The van der Waals surface area contributed by atoms with Crippen molar-refractivity contribution in [2.75, 3.05) is 11.1 Å². The fourth-order valence-electron chi connectivity index (χ4n) is 2.96. The molecule has 0 aliphatic carbocycles. The molecule has 0 bridgehead atoms. The molecule has 0 aliphatic rings. The van der Waals surface area contributed by atoms with Crippen LogP contribution in [0.15, 0.2) is 63.2 Å². The molecule has 0 unspecified atom stereocenters. The van der Waals surface area contributed by atoms with Crippen molar-refractivity contribution in [1.82, 2.24) is 0 Å². The van der Waals surface area contributed by atoms with Gasteiger partial charge in [0.25, 0.3) is 36.3 Å². The van der Waals surface area contributed by atoms with E-state index in [4.69, 9.17) is 5.73 Å². The molecule has 1 amide bonds. The van der Waals surface area contributed by atoms with Crippen molar-refractivity contribution in [3.63, 3.8) is 0 Å². The molecule has 18 heteroatoms. The first-order valence-corrected chi connectivity index (χ1v) is 12.6. The average Bonchev–Trinajstić information content (AvgIpc) is 2.65. The Morgan fingerprint density at radius 3 is 1.83 bits per heavy atom. The molecule has 0 aromatic heterocycles. The number of carbonyl (C=O) groups is 1.